The predicted molar refractivity (Wildman–Crippen MR) is 49.1 cm³/mol. The Kier molecular flexibility index (Phi) is 1.25. The van der Waals surface area contributed by atoms with Gasteiger partial charge in [0.25, 0.3) is 0 Å². The van der Waals surface area contributed by atoms with Gasteiger partial charge in [0.1, 0.15) is 11.7 Å². The second-order valence-electron chi connectivity index (χ2n) is 3.57. The summed E-state index contributed by atoms with van der Waals surface area (Å²) in [6.07, 6.45) is 4.06. The first-order chi connectivity index (χ1) is 6.36. The van der Waals surface area contributed by atoms with Gasteiger partial charge in [-0.3, -0.25) is 0 Å². The first-order valence-electron chi connectivity index (χ1n) is 4.42. The molecule has 1 aliphatic heterocycles. The molecule has 2 unspecified atom stereocenters. The Labute approximate surface area is 76.5 Å². The summed E-state index contributed by atoms with van der Waals surface area (Å²) in [5.41, 5.74) is 2.00. The number of fused-ring (bicyclic) bond motifs is 3. The van der Waals surface area contributed by atoms with Crippen LogP contribution in [0.1, 0.15) is 17.2 Å². The van der Waals surface area contributed by atoms with Crippen LogP contribution < -0.4 is 0 Å². The quantitative estimate of drug-likeness (QED) is 0.655. The van der Waals surface area contributed by atoms with Crippen molar-refractivity contribution in [3.8, 4) is 0 Å². The number of ether oxygens (including phenoxy) is 1. The van der Waals surface area contributed by atoms with Gasteiger partial charge in [0.2, 0.25) is 0 Å². The summed E-state index contributed by atoms with van der Waals surface area (Å²) < 4.78 is 5.50. The Morgan fingerprint density at radius 1 is 1.38 bits per heavy atom. The number of aliphatic hydroxyl groups is 1. The SMILES string of the molecule is OCC12C=Cc3ccccc3C1O2. The molecule has 1 aliphatic carbocycles. The van der Waals surface area contributed by atoms with Gasteiger partial charge in [-0.1, -0.05) is 30.3 Å². The summed E-state index contributed by atoms with van der Waals surface area (Å²) in [6.45, 7) is 0.0719. The average Bonchev–Trinajstić information content (AvgIpc) is 2.93. The molecule has 2 aliphatic rings. The number of hydrogen-bond donors (Lipinski definition) is 1. The lowest BCUT2D eigenvalue weighted by Gasteiger charge is -2.11. The minimum atomic E-state index is -0.394. The molecule has 0 bridgehead atoms. The number of benzene rings is 1. The standard InChI is InChI=1S/C11H10O2/c12-7-11-6-5-8-3-1-2-4-9(8)10(11)13-11/h1-6,10,12H,7H2. The van der Waals surface area contributed by atoms with Gasteiger partial charge in [-0.2, -0.15) is 0 Å². The Hall–Kier alpha value is -1.12. The van der Waals surface area contributed by atoms with Gasteiger partial charge in [0.05, 0.1) is 6.61 Å². The van der Waals surface area contributed by atoms with E-state index in [4.69, 9.17) is 9.84 Å². The second-order valence-corrected chi connectivity index (χ2v) is 3.57. The number of hydrogen-bond acceptors (Lipinski definition) is 2. The Bertz CT molecular complexity index is 383. The summed E-state index contributed by atoms with van der Waals surface area (Å²) in [4.78, 5) is 0. The molecule has 1 aromatic rings. The highest BCUT2D eigenvalue weighted by Gasteiger charge is 2.56. The third kappa shape index (κ3) is 0.844. The Morgan fingerprint density at radius 3 is 3.08 bits per heavy atom. The number of aliphatic hydroxyl groups excluding tert-OH is 1. The largest absolute Gasteiger partial charge is 0.393 e. The van der Waals surface area contributed by atoms with Crippen molar-refractivity contribution in [2.45, 2.75) is 11.7 Å². The summed E-state index contributed by atoms with van der Waals surface area (Å²) >= 11 is 0. The van der Waals surface area contributed by atoms with E-state index in [1.54, 1.807) is 0 Å². The van der Waals surface area contributed by atoms with E-state index in [2.05, 4.69) is 12.1 Å². The smallest absolute Gasteiger partial charge is 0.141 e. The van der Waals surface area contributed by atoms with Crippen LogP contribution in [0.4, 0.5) is 0 Å². The van der Waals surface area contributed by atoms with Crippen molar-refractivity contribution in [3.05, 3.63) is 41.5 Å². The van der Waals surface area contributed by atoms with Crippen LogP contribution in [0.15, 0.2) is 30.3 Å². The van der Waals surface area contributed by atoms with Gasteiger partial charge < -0.3 is 9.84 Å². The molecule has 0 saturated carbocycles. The van der Waals surface area contributed by atoms with Crippen LogP contribution in [-0.2, 0) is 4.74 Å². The Balaban J connectivity index is 2.12. The van der Waals surface area contributed by atoms with E-state index in [0.29, 0.717) is 0 Å². The van der Waals surface area contributed by atoms with E-state index in [0.717, 1.165) is 0 Å². The van der Waals surface area contributed by atoms with Crippen LogP contribution in [0.2, 0.25) is 0 Å². The zero-order valence-corrected chi connectivity index (χ0v) is 7.10. The highest BCUT2D eigenvalue weighted by Crippen LogP contribution is 2.54. The first-order valence-corrected chi connectivity index (χ1v) is 4.42. The molecular weight excluding hydrogens is 164 g/mol. The molecule has 3 rings (SSSR count). The molecule has 0 amide bonds. The maximum absolute atomic E-state index is 9.14. The van der Waals surface area contributed by atoms with Gasteiger partial charge in [-0.25, -0.2) is 0 Å². The molecule has 1 fully saturated rings. The van der Waals surface area contributed by atoms with Crippen LogP contribution in [-0.4, -0.2) is 17.3 Å². The Morgan fingerprint density at radius 2 is 2.23 bits per heavy atom. The topological polar surface area (TPSA) is 32.8 Å². The van der Waals surface area contributed by atoms with Crippen molar-refractivity contribution in [1.29, 1.82) is 0 Å². The fourth-order valence-corrected chi connectivity index (χ4v) is 1.94. The highest BCUT2D eigenvalue weighted by molar-refractivity contribution is 5.62. The fraction of sp³-hybridized carbons (Fsp3) is 0.273. The van der Waals surface area contributed by atoms with E-state index >= 15 is 0 Å². The minimum Gasteiger partial charge on any atom is -0.393 e. The molecule has 13 heavy (non-hydrogen) atoms. The normalized spacial score (nSPS) is 33.8. The lowest BCUT2D eigenvalue weighted by atomic mass is 9.90. The van der Waals surface area contributed by atoms with Crippen molar-refractivity contribution >= 4 is 6.08 Å². The van der Waals surface area contributed by atoms with E-state index in [1.165, 1.54) is 11.1 Å². The molecular formula is C11H10O2. The van der Waals surface area contributed by atoms with Gasteiger partial charge in [0, 0.05) is 0 Å². The summed E-state index contributed by atoms with van der Waals surface area (Å²) in [5.74, 6) is 0. The van der Waals surface area contributed by atoms with Gasteiger partial charge >= 0.3 is 0 Å². The third-order valence-corrected chi connectivity index (χ3v) is 2.79. The third-order valence-electron chi connectivity index (χ3n) is 2.79. The summed E-state index contributed by atoms with van der Waals surface area (Å²) in [6, 6.07) is 8.13. The molecule has 2 atom stereocenters. The van der Waals surface area contributed by atoms with E-state index in [1.807, 2.05) is 24.3 Å². The van der Waals surface area contributed by atoms with Gasteiger partial charge in [-0.05, 0) is 17.2 Å². The second kappa shape index (κ2) is 2.22. The number of rotatable bonds is 1. The lowest BCUT2D eigenvalue weighted by Crippen LogP contribution is -2.16. The molecule has 0 aromatic heterocycles. The zero-order valence-electron chi connectivity index (χ0n) is 7.10. The molecule has 1 N–H and O–H groups in total. The lowest BCUT2D eigenvalue weighted by molar-refractivity contribution is 0.203. The summed E-state index contributed by atoms with van der Waals surface area (Å²) in [5, 5.41) is 9.14. The highest BCUT2D eigenvalue weighted by atomic mass is 16.6. The van der Waals surface area contributed by atoms with E-state index in [9.17, 15) is 0 Å². The molecule has 1 saturated heterocycles. The van der Waals surface area contributed by atoms with Crippen molar-refractivity contribution in [2.75, 3.05) is 6.61 Å². The van der Waals surface area contributed by atoms with Crippen molar-refractivity contribution in [3.63, 3.8) is 0 Å². The predicted octanol–water partition coefficient (Wildman–Crippen LogP) is 1.52. The van der Waals surface area contributed by atoms with E-state index < -0.39 is 5.60 Å². The maximum atomic E-state index is 9.14. The first kappa shape index (κ1) is 7.30. The molecule has 2 heteroatoms. The number of epoxide rings is 1. The van der Waals surface area contributed by atoms with Crippen LogP contribution in [0.3, 0.4) is 0 Å². The van der Waals surface area contributed by atoms with Crippen molar-refractivity contribution < 1.29 is 9.84 Å². The van der Waals surface area contributed by atoms with Crippen molar-refractivity contribution in [1.82, 2.24) is 0 Å². The van der Waals surface area contributed by atoms with Crippen LogP contribution in [0.5, 0.6) is 0 Å². The molecule has 0 radical (unpaired) electrons. The van der Waals surface area contributed by atoms with Crippen LogP contribution in [0.25, 0.3) is 6.08 Å². The average molecular weight is 174 g/mol. The van der Waals surface area contributed by atoms with E-state index in [-0.39, 0.29) is 12.7 Å². The fourth-order valence-electron chi connectivity index (χ4n) is 1.94. The summed E-state index contributed by atoms with van der Waals surface area (Å²) in [7, 11) is 0. The molecule has 1 heterocycles. The van der Waals surface area contributed by atoms with Gasteiger partial charge in [-0.15, -0.1) is 0 Å². The molecule has 66 valence electrons. The molecule has 0 spiro atoms. The zero-order chi connectivity index (χ0) is 8.89. The van der Waals surface area contributed by atoms with Crippen LogP contribution in [0, 0.1) is 0 Å². The minimum absolute atomic E-state index is 0.0719. The van der Waals surface area contributed by atoms with Gasteiger partial charge in [0.15, 0.2) is 0 Å². The van der Waals surface area contributed by atoms with Crippen molar-refractivity contribution in [2.24, 2.45) is 0 Å². The molecule has 1 aromatic carbocycles. The maximum Gasteiger partial charge on any atom is 0.141 e. The van der Waals surface area contributed by atoms with Crippen LogP contribution >= 0.6 is 0 Å². The monoisotopic (exact) mass is 174 g/mol. The molecule has 2 nitrogen and oxygen atoms in total.